The summed E-state index contributed by atoms with van der Waals surface area (Å²) in [6.45, 7) is 2.29. The van der Waals surface area contributed by atoms with E-state index >= 15 is 0 Å². The number of anilines is 1. The van der Waals surface area contributed by atoms with Crippen LogP contribution >= 0.6 is 0 Å². The molecule has 1 heterocycles. The van der Waals surface area contributed by atoms with Gasteiger partial charge in [0.1, 0.15) is 18.0 Å². The van der Waals surface area contributed by atoms with E-state index < -0.39 is 0 Å². The minimum Gasteiger partial charge on any atom is -0.465 e. The van der Waals surface area contributed by atoms with Gasteiger partial charge in [-0.2, -0.15) is 0 Å². The first kappa shape index (κ1) is 21.9. The van der Waals surface area contributed by atoms with Gasteiger partial charge in [0.05, 0.1) is 12.1 Å². The zero-order chi connectivity index (χ0) is 23.0. The molecule has 0 radical (unpaired) electrons. The summed E-state index contributed by atoms with van der Waals surface area (Å²) in [4.78, 5) is 24.0. The second kappa shape index (κ2) is 10.3. The fraction of sp³-hybridized carbons (Fsp3) is 0.111. The summed E-state index contributed by atoms with van der Waals surface area (Å²) in [5.41, 5.74) is 2.51. The molecular formula is C27H24N2O4. The number of nitrogens with one attached hydrogen (secondary N) is 1. The summed E-state index contributed by atoms with van der Waals surface area (Å²) in [6.07, 6.45) is 5.11. The molecule has 33 heavy (non-hydrogen) atoms. The van der Waals surface area contributed by atoms with E-state index in [9.17, 15) is 9.59 Å². The first-order chi connectivity index (χ1) is 16.1. The normalized spacial score (nSPS) is 10.9. The largest absolute Gasteiger partial charge is 0.465 e. The first-order valence-electron chi connectivity index (χ1n) is 10.7. The van der Waals surface area contributed by atoms with Gasteiger partial charge in [-0.1, -0.05) is 36.4 Å². The molecule has 1 N–H and O–H groups in total. The molecule has 0 spiro atoms. The van der Waals surface area contributed by atoms with Crippen molar-refractivity contribution in [3.63, 3.8) is 0 Å². The van der Waals surface area contributed by atoms with E-state index in [0.717, 1.165) is 16.5 Å². The van der Waals surface area contributed by atoms with Crippen molar-refractivity contribution in [2.75, 3.05) is 11.9 Å². The van der Waals surface area contributed by atoms with Crippen molar-refractivity contribution in [2.24, 2.45) is 0 Å². The third-order valence-electron chi connectivity index (χ3n) is 4.95. The first-order valence-corrected chi connectivity index (χ1v) is 10.7. The van der Waals surface area contributed by atoms with Crippen LogP contribution in [0.25, 0.3) is 17.0 Å². The standard InChI is InChI=1S/C27H24N2O4/c1-2-32-27(31)19-29-18-17-23-24(29)9-6-10-25(23)33-22-14-12-21(13-15-22)28-26(30)16-11-20-7-4-3-5-8-20/h3-18H,2,19H2,1H3,(H,28,30)/b16-11+. The molecule has 0 aliphatic carbocycles. The van der Waals surface area contributed by atoms with Crippen molar-refractivity contribution in [3.8, 4) is 11.5 Å². The Labute approximate surface area is 192 Å². The van der Waals surface area contributed by atoms with Crippen molar-refractivity contribution in [1.82, 2.24) is 4.57 Å². The monoisotopic (exact) mass is 440 g/mol. The van der Waals surface area contributed by atoms with Crippen molar-refractivity contribution >= 4 is 34.5 Å². The van der Waals surface area contributed by atoms with Crippen LogP contribution in [0.5, 0.6) is 11.5 Å². The summed E-state index contributed by atoms with van der Waals surface area (Å²) < 4.78 is 12.9. The molecular weight excluding hydrogens is 416 g/mol. The molecule has 4 aromatic rings. The number of carbonyl (C=O) groups is 2. The van der Waals surface area contributed by atoms with E-state index in [1.165, 1.54) is 6.08 Å². The van der Waals surface area contributed by atoms with Crippen LogP contribution in [0.15, 0.2) is 91.1 Å². The predicted octanol–water partition coefficient (Wildman–Crippen LogP) is 5.65. The molecule has 0 saturated heterocycles. The summed E-state index contributed by atoms with van der Waals surface area (Å²) in [7, 11) is 0. The van der Waals surface area contributed by atoms with Crippen LogP contribution in [0.1, 0.15) is 12.5 Å². The number of benzene rings is 3. The van der Waals surface area contributed by atoms with Gasteiger partial charge in [0.15, 0.2) is 0 Å². The molecule has 0 saturated carbocycles. The minimum absolute atomic E-state index is 0.147. The molecule has 3 aromatic carbocycles. The average Bonchev–Trinajstić information content (AvgIpc) is 3.23. The highest BCUT2D eigenvalue weighted by Crippen LogP contribution is 2.31. The highest BCUT2D eigenvalue weighted by molar-refractivity contribution is 6.01. The molecule has 0 atom stereocenters. The Hall–Kier alpha value is -4.32. The summed E-state index contributed by atoms with van der Waals surface area (Å²) in [5, 5.41) is 3.73. The van der Waals surface area contributed by atoms with E-state index in [1.54, 1.807) is 37.3 Å². The van der Waals surface area contributed by atoms with Gasteiger partial charge < -0.3 is 19.4 Å². The maximum Gasteiger partial charge on any atom is 0.325 e. The number of amides is 1. The van der Waals surface area contributed by atoms with Crippen LogP contribution < -0.4 is 10.1 Å². The van der Waals surface area contributed by atoms with Gasteiger partial charge in [-0.3, -0.25) is 9.59 Å². The molecule has 166 valence electrons. The SMILES string of the molecule is CCOC(=O)Cn1ccc2c(Oc3ccc(NC(=O)/C=C/c4ccccc4)cc3)cccc21. The Morgan fingerprint density at radius 1 is 0.939 bits per heavy atom. The maximum atomic E-state index is 12.2. The lowest BCUT2D eigenvalue weighted by molar-refractivity contribution is -0.143. The van der Waals surface area contributed by atoms with Crippen LogP contribution in [-0.4, -0.2) is 23.1 Å². The van der Waals surface area contributed by atoms with Crippen LogP contribution in [-0.2, 0) is 20.9 Å². The molecule has 0 bridgehead atoms. The number of hydrogen-bond acceptors (Lipinski definition) is 4. The quantitative estimate of drug-likeness (QED) is 0.284. The van der Waals surface area contributed by atoms with Gasteiger partial charge in [0, 0.05) is 23.3 Å². The van der Waals surface area contributed by atoms with Gasteiger partial charge in [-0.15, -0.1) is 0 Å². The van der Waals surface area contributed by atoms with E-state index in [2.05, 4.69) is 5.32 Å². The van der Waals surface area contributed by atoms with E-state index in [-0.39, 0.29) is 18.4 Å². The molecule has 1 aromatic heterocycles. The molecule has 6 nitrogen and oxygen atoms in total. The lowest BCUT2D eigenvalue weighted by Crippen LogP contribution is -2.12. The van der Waals surface area contributed by atoms with Crippen LogP contribution in [0.2, 0.25) is 0 Å². The molecule has 0 fully saturated rings. The molecule has 1 amide bonds. The zero-order valence-corrected chi connectivity index (χ0v) is 18.2. The number of ether oxygens (including phenoxy) is 2. The smallest absolute Gasteiger partial charge is 0.325 e. The Kier molecular flexibility index (Phi) is 6.85. The number of carbonyl (C=O) groups excluding carboxylic acids is 2. The maximum absolute atomic E-state index is 12.2. The molecule has 0 aliphatic rings. The fourth-order valence-corrected chi connectivity index (χ4v) is 3.42. The van der Waals surface area contributed by atoms with Gasteiger partial charge >= 0.3 is 5.97 Å². The number of hydrogen-bond donors (Lipinski definition) is 1. The Morgan fingerprint density at radius 2 is 1.73 bits per heavy atom. The predicted molar refractivity (Wildman–Crippen MR) is 129 cm³/mol. The molecule has 4 rings (SSSR count). The third-order valence-corrected chi connectivity index (χ3v) is 4.95. The second-order valence-electron chi connectivity index (χ2n) is 7.30. The lowest BCUT2D eigenvalue weighted by atomic mass is 10.2. The molecule has 0 aliphatic heterocycles. The number of fused-ring (bicyclic) bond motifs is 1. The number of aromatic nitrogens is 1. The minimum atomic E-state index is -0.280. The number of esters is 1. The Bertz CT molecular complexity index is 1270. The van der Waals surface area contributed by atoms with Gasteiger partial charge in [-0.05, 0) is 61.0 Å². The van der Waals surface area contributed by atoms with E-state index in [0.29, 0.717) is 23.8 Å². The highest BCUT2D eigenvalue weighted by Gasteiger charge is 2.11. The summed E-state index contributed by atoms with van der Waals surface area (Å²) in [6, 6.07) is 24.4. The van der Waals surface area contributed by atoms with Crippen molar-refractivity contribution < 1.29 is 19.1 Å². The lowest BCUT2D eigenvalue weighted by Gasteiger charge is -2.10. The van der Waals surface area contributed by atoms with Crippen molar-refractivity contribution in [1.29, 1.82) is 0 Å². The molecule has 0 unspecified atom stereocenters. The topological polar surface area (TPSA) is 69.6 Å². The summed E-state index contributed by atoms with van der Waals surface area (Å²) >= 11 is 0. The van der Waals surface area contributed by atoms with Crippen molar-refractivity contribution in [2.45, 2.75) is 13.5 Å². The molecule has 6 heteroatoms. The third kappa shape index (κ3) is 5.68. The fourth-order valence-electron chi connectivity index (χ4n) is 3.42. The Balaban J connectivity index is 1.41. The van der Waals surface area contributed by atoms with Gasteiger partial charge in [-0.25, -0.2) is 0 Å². The van der Waals surface area contributed by atoms with E-state index in [4.69, 9.17) is 9.47 Å². The van der Waals surface area contributed by atoms with Gasteiger partial charge in [0.25, 0.3) is 0 Å². The van der Waals surface area contributed by atoms with Crippen LogP contribution in [0, 0.1) is 0 Å². The number of rotatable bonds is 8. The van der Waals surface area contributed by atoms with Gasteiger partial charge in [0.2, 0.25) is 5.91 Å². The second-order valence-corrected chi connectivity index (χ2v) is 7.30. The van der Waals surface area contributed by atoms with Crippen LogP contribution in [0.4, 0.5) is 5.69 Å². The highest BCUT2D eigenvalue weighted by atomic mass is 16.5. The zero-order valence-electron chi connectivity index (χ0n) is 18.2. The van der Waals surface area contributed by atoms with Crippen LogP contribution in [0.3, 0.4) is 0 Å². The Morgan fingerprint density at radius 3 is 2.48 bits per heavy atom. The average molecular weight is 440 g/mol. The summed E-state index contributed by atoms with van der Waals surface area (Å²) in [5.74, 6) is 0.828. The number of nitrogens with zero attached hydrogens (tertiary/aromatic N) is 1. The van der Waals surface area contributed by atoms with E-state index in [1.807, 2.05) is 65.4 Å². The van der Waals surface area contributed by atoms with Crippen molar-refractivity contribution in [3.05, 3.63) is 96.7 Å².